The van der Waals surface area contributed by atoms with Gasteiger partial charge in [-0.3, -0.25) is 9.69 Å². The Balaban J connectivity index is 2.08. The third kappa shape index (κ3) is 3.58. The Hall–Kier alpha value is -1.39. The molecule has 1 aromatic rings. The molecule has 2 rings (SSSR count). The van der Waals surface area contributed by atoms with Crippen molar-refractivity contribution in [2.24, 2.45) is 0 Å². The van der Waals surface area contributed by atoms with E-state index in [-0.39, 0.29) is 11.9 Å². The molecule has 110 valence electrons. The van der Waals surface area contributed by atoms with Crippen LogP contribution in [0.5, 0.6) is 0 Å². The highest BCUT2D eigenvalue weighted by atomic mass is 16.2. The van der Waals surface area contributed by atoms with Gasteiger partial charge in [-0.25, -0.2) is 0 Å². The minimum Gasteiger partial charge on any atom is -0.355 e. The lowest BCUT2D eigenvalue weighted by Gasteiger charge is -2.35. The highest BCUT2D eigenvalue weighted by Crippen LogP contribution is 2.14. The largest absolute Gasteiger partial charge is 0.355 e. The quantitative estimate of drug-likeness (QED) is 0.868. The number of hydrogen-bond donors (Lipinski definition) is 2. The van der Waals surface area contributed by atoms with Crippen LogP contribution in [0.1, 0.15) is 23.6 Å². The number of amides is 1. The second-order valence-corrected chi connectivity index (χ2v) is 5.50. The van der Waals surface area contributed by atoms with Crippen LogP contribution in [0.15, 0.2) is 18.2 Å². The molecular formula is C16H25N3O. The van der Waals surface area contributed by atoms with E-state index in [9.17, 15) is 4.79 Å². The number of piperazine rings is 1. The van der Waals surface area contributed by atoms with Crippen molar-refractivity contribution < 1.29 is 4.79 Å². The van der Waals surface area contributed by atoms with Crippen LogP contribution < -0.4 is 10.6 Å². The van der Waals surface area contributed by atoms with E-state index < -0.39 is 0 Å². The summed E-state index contributed by atoms with van der Waals surface area (Å²) in [7, 11) is 0. The lowest BCUT2D eigenvalue weighted by Crippen LogP contribution is -2.57. The molecule has 1 aliphatic rings. The fourth-order valence-corrected chi connectivity index (χ4v) is 2.62. The van der Waals surface area contributed by atoms with E-state index in [4.69, 9.17) is 0 Å². The van der Waals surface area contributed by atoms with Gasteiger partial charge in [-0.1, -0.05) is 18.2 Å². The molecule has 0 bridgehead atoms. The molecule has 1 unspecified atom stereocenters. The number of aryl methyl sites for hydroxylation is 2. The maximum absolute atomic E-state index is 12.1. The first-order chi connectivity index (χ1) is 9.61. The topological polar surface area (TPSA) is 44.4 Å². The summed E-state index contributed by atoms with van der Waals surface area (Å²) in [6.07, 6.45) is 0. The molecule has 0 spiro atoms. The van der Waals surface area contributed by atoms with Gasteiger partial charge in [0.2, 0.25) is 5.91 Å². The minimum absolute atomic E-state index is 0.0645. The van der Waals surface area contributed by atoms with Gasteiger partial charge in [-0.2, -0.15) is 0 Å². The summed E-state index contributed by atoms with van der Waals surface area (Å²) in [5.41, 5.74) is 3.91. The Kier molecular flexibility index (Phi) is 5.15. The molecule has 0 radical (unpaired) electrons. The number of nitrogens with one attached hydrogen (secondary N) is 2. The van der Waals surface area contributed by atoms with Crippen LogP contribution in [0.4, 0.5) is 0 Å². The van der Waals surface area contributed by atoms with E-state index in [1.807, 2.05) is 6.92 Å². The molecule has 4 heteroatoms. The Bertz CT molecular complexity index is 473. The summed E-state index contributed by atoms with van der Waals surface area (Å²) in [6.45, 7) is 10.3. The first kappa shape index (κ1) is 15.0. The van der Waals surface area contributed by atoms with Gasteiger partial charge in [0.1, 0.15) is 6.04 Å². The molecule has 1 amide bonds. The minimum atomic E-state index is -0.0645. The summed E-state index contributed by atoms with van der Waals surface area (Å²) < 4.78 is 0. The van der Waals surface area contributed by atoms with Crippen LogP contribution in [0, 0.1) is 13.8 Å². The Morgan fingerprint density at radius 1 is 1.40 bits per heavy atom. The maximum Gasteiger partial charge on any atom is 0.238 e. The van der Waals surface area contributed by atoms with Crippen LogP contribution in [0.25, 0.3) is 0 Å². The number of carbonyl (C=O) groups excluding carboxylic acids is 1. The van der Waals surface area contributed by atoms with Crippen molar-refractivity contribution in [2.75, 3.05) is 26.2 Å². The average Bonchev–Trinajstić information content (AvgIpc) is 2.44. The van der Waals surface area contributed by atoms with E-state index in [0.29, 0.717) is 6.54 Å². The maximum atomic E-state index is 12.1. The molecule has 0 aliphatic carbocycles. The van der Waals surface area contributed by atoms with Gasteiger partial charge in [0, 0.05) is 32.7 Å². The molecule has 1 fully saturated rings. The van der Waals surface area contributed by atoms with E-state index in [1.54, 1.807) is 0 Å². The smallest absolute Gasteiger partial charge is 0.238 e. The zero-order chi connectivity index (χ0) is 14.5. The summed E-state index contributed by atoms with van der Waals surface area (Å²) >= 11 is 0. The highest BCUT2D eigenvalue weighted by Gasteiger charge is 2.28. The van der Waals surface area contributed by atoms with Gasteiger partial charge < -0.3 is 10.6 Å². The fraction of sp³-hybridized carbons (Fsp3) is 0.562. The Morgan fingerprint density at radius 3 is 2.90 bits per heavy atom. The van der Waals surface area contributed by atoms with Crippen LogP contribution in [0.2, 0.25) is 0 Å². The standard InChI is InChI=1S/C16H25N3O/c1-4-18-16(20)15-10-17-7-8-19(15)11-14-6-5-12(2)13(3)9-14/h5-6,9,15,17H,4,7-8,10-11H2,1-3H3,(H,18,20). The van der Waals surface area contributed by atoms with E-state index in [2.05, 4.69) is 47.6 Å². The fourth-order valence-electron chi connectivity index (χ4n) is 2.62. The van der Waals surface area contributed by atoms with Crippen LogP contribution in [-0.2, 0) is 11.3 Å². The number of likely N-dealkylation sites (N-methyl/N-ethyl adjacent to an activating group) is 1. The van der Waals surface area contributed by atoms with Crippen molar-refractivity contribution in [3.8, 4) is 0 Å². The van der Waals surface area contributed by atoms with Crippen LogP contribution in [0.3, 0.4) is 0 Å². The molecule has 1 saturated heterocycles. The summed E-state index contributed by atoms with van der Waals surface area (Å²) in [5, 5.41) is 6.24. The molecule has 20 heavy (non-hydrogen) atoms. The van der Waals surface area contributed by atoms with E-state index in [1.165, 1.54) is 16.7 Å². The van der Waals surface area contributed by atoms with E-state index >= 15 is 0 Å². The summed E-state index contributed by atoms with van der Waals surface area (Å²) in [6, 6.07) is 6.49. The normalized spacial score (nSPS) is 19.9. The van der Waals surface area contributed by atoms with E-state index in [0.717, 1.165) is 26.2 Å². The zero-order valence-electron chi connectivity index (χ0n) is 12.7. The second-order valence-electron chi connectivity index (χ2n) is 5.50. The number of nitrogens with zero attached hydrogens (tertiary/aromatic N) is 1. The second kappa shape index (κ2) is 6.86. The van der Waals surface area contributed by atoms with Crippen LogP contribution in [-0.4, -0.2) is 43.0 Å². The van der Waals surface area contributed by atoms with Crippen molar-refractivity contribution in [3.05, 3.63) is 34.9 Å². The lowest BCUT2D eigenvalue weighted by atomic mass is 10.0. The molecule has 1 aliphatic heterocycles. The highest BCUT2D eigenvalue weighted by molar-refractivity contribution is 5.82. The summed E-state index contributed by atoms with van der Waals surface area (Å²) in [4.78, 5) is 14.4. The summed E-state index contributed by atoms with van der Waals surface area (Å²) in [5.74, 6) is 0.128. The molecule has 2 N–H and O–H groups in total. The predicted molar refractivity (Wildman–Crippen MR) is 81.7 cm³/mol. The van der Waals surface area contributed by atoms with Gasteiger partial charge in [-0.15, -0.1) is 0 Å². The Labute approximate surface area is 121 Å². The number of benzene rings is 1. The SMILES string of the molecule is CCNC(=O)C1CNCCN1Cc1ccc(C)c(C)c1. The molecule has 0 aromatic heterocycles. The number of carbonyl (C=O) groups is 1. The Morgan fingerprint density at radius 2 is 2.20 bits per heavy atom. The van der Waals surface area contributed by atoms with Crippen molar-refractivity contribution in [2.45, 2.75) is 33.4 Å². The molecule has 0 saturated carbocycles. The number of rotatable bonds is 4. The van der Waals surface area contributed by atoms with Gasteiger partial charge in [0.25, 0.3) is 0 Å². The molecule has 1 heterocycles. The van der Waals surface area contributed by atoms with Crippen molar-refractivity contribution in [1.29, 1.82) is 0 Å². The monoisotopic (exact) mass is 275 g/mol. The molecular weight excluding hydrogens is 250 g/mol. The van der Waals surface area contributed by atoms with Gasteiger partial charge in [-0.05, 0) is 37.5 Å². The number of hydrogen-bond acceptors (Lipinski definition) is 3. The molecule has 1 aromatic carbocycles. The average molecular weight is 275 g/mol. The lowest BCUT2D eigenvalue weighted by molar-refractivity contribution is -0.127. The first-order valence-corrected chi connectivity index (χ1v) is 7.40. The first-order valence-electron chi connectivity index (χ1n) is 7.40. The van der Waals surface area contributed by atoms with Gasteiger partial charge in [0.15, 0.2) is 0 Å². The van der Waals surface area contributed by atoms with Crippen molar-refractivity contribution in [3.63, 3.8) is 0 Å². The predicted octanol–water partition coefficient (Wildman–Crippen LogP) is 1.21. The van der Waals surface area contributed by atoms with Crippen LogP contribution >= 0.6 is 0 Å². The van der Waals surface area contributed by atoms with Gasteiger partial charge in [0.05, 0.1) is 0 Å². The molecule has 4 nitrogen and oxygen atoms in total. The van der Waals surface area contributed by atoms with Gasteiger partial charge >= 0.3 is 0 Å². The third-order valence-corrected chi connectivity index (χ3v) is 3.96. The van der Waals surface area contributed by atoms with Crippen molar-refractivity contribution in [1.82, 2.24) is 15.5 Å². The third-order valence-electron chi connectivity index (χ3n) is 3.96. The molecule has 1 atom stereocenters. The van der Waals surface area contributed by atoms with Crippen molar-refractivity contribution >= 4 is 5.91 Å². The zero-order valence-corrected chi connectivity index (χ0v) is 12.7.